The largest absolute Gasteiger partial charge is 1.00 e. The number of nitrogens with two attached hydrogens (primary N) is 2. The average molecular weight is 1830 g/mol. The van der Waals surface area contributed by atoms with Crippen molar-refractivity contribution in [2.24, 2.45) is 0 Å². The molecule has 616 valence electrons. The van der Waals surface area contributed by atoms with E-state index in [2.05, 4.69) is 287 Å². The number of fused-ring (bicyclic) bond motifs is 4. The summed E-state index contributed by atoms with van der Waals surface area (Å²) in [5.74, 6) is 3.30. The molecule has 4 aliphatic rings. The third kappa shape index (κ3) is 34.1. The number of β-amino-alcohol motifs (C(OH)–C–C–N with tert-alkyl or cyclic N) is 2. The van der Waals surface area contributed by atoms with Gasteiger partial charge in [0.15, 0.2) is 0 Å². The SMILES string of the molecule is BrCc1ccccc1.C.C.CI.CO.CO[C@@H]1COc2ccc(N(Cc3ccccc3)Cc3ccccc3)cc2N(Cc2ccccc2)C1.CO[C@H]1CNc2cc(N)ccc2OC1.Nc1ccc2c(c1)NC[C@H](O)CO2.O[C@@H]1COc2ccc(N(Cc3ccccc3)Cc3ccccc3)cc2N(Cc2ccccc2)C1.S.S.S.S.[H-].[Na+]. The van der Waals surface area contributed by atoms with Gasteiger partial charge in [-0.05, 0) is 117 Å². The Morgan fingerprint density at radius 1 is 0.409 bits per heavy atom. The van der Waals surface area contributed by atoms with Crippen molar-refractivity contribution >= 4 is 138 Å². The fourth-order valence-electron chi connectivity index (χ4n) is 12.3. The second kappa shape index (κ2) is 57.5. The molecular weight excluding hydrogens is 1710 g/mol. The summed E-state index contributed by atoms with van der Waals surface area (Å²) in [6, 6.07) is 97.6. The number of rotatable bonds is 17. The molecule has 9 N–H and O–H groups in total. The van der Waals surface area contributed by atoms with E-state index in [0.717, 1.165) is 122 Å². The van der Waals surface area contributed by atoms with Crippen molar-refractivity contribution in [3.63, 3.8) is 0 Å². The van der Waals surface area contributed by atoms with Crippen molar-refractivity contribution in [1.29, 1.82) is 0 Å². The van der Waals surface area contributed by atoms with E-state index in [-0.39, 0.29) is 112 Å². The molecule has 4 atom stereocenters. The number of aliphatic hydroxyl groups excluding tert-OH is 3. The monoisotopic (exact) mass is 1820 g/mol. The summed E-state index contributed by atoms with van der Waals surface area (Å²) in [7, 11) is 4.44. The number of hydrogen-bond acceptors (Lipinski definition) is 17. The maximum absolute atomic E-state index is 10.5. The first kappa shape index (κ1) is 104. The normalized spacial score (nSPS) is 14.7. The zero-order chi connectivity index (χ0) is 76.1. The second-order valence-electron chi connectivity index (χ2n) is 25.9. The minimum Gasteiger partial charge on any atom is -1.00 e. The van der Waals surface area contributed by atoms with Crippen LogP contribution in [0.2, 0.25) is 0 Å². The van der Waals surface area contributed by atoms with E-state index in [1.54, 1.807) is 32.4 Å². The smallest absolute Gasteiger partial charge is 1.00 e. The van der Waals surface area contributed by atoms with Crippen molar-refractivity contribution in [2.45, 2.75) is 83.9 Å². The van der Waals surface area contributed by atoms with Gasteiger partial charge in [0.25, 0.3) is 0 Å². The van der Waals surface area contributed by atoms with E-state index in [4.69, 9.17) is 45.0 Å². The third-order valence-electron chi connectivity index (χ3n) is 17.9. The summed E-state index contributed by atoms with van der Waals surface area (Å²) < 4.78 is 34.1. The molecule has 4 aliphatic heterocycles. The Morgan fingerprint density at radius 3 is 1.08 bits per heavy atom. The molecule has 24 heteroatoms. The van der Waals surface area contributed by atoms with Gasteiger partial charge in [-0.3, -0.25) is 0 Å². The van der Waals surface area contributed by atoms with Crippen LogP contribution >= 0.6 is 92.5 Å². The number of aliphatic hydroxyl groups is 3. The van der Waals surface area contributed by atoms with Crippen molar-refractivity contribution in [1.82, 2.24) is 0 Å². The number of hydrogen-bond donors (Lipinski definition) is 7. The summed E-state index contributed by atoms with van der Waals surface area (Å²) in [6.07, 6.45) is -0.902. The van der Waals surface area contributed by atoms with Crippen LogP contribution in [-0.2, 0) is 54.1 Å². The Kier molecular flexibility index (Phi) is 51.8. The number of nitrogen functional groups attached to an aromatic ring is 2. The van der Waals surface area contributed by atoms with Crippen LogP contribution in [0.3, 0.4) is 0 Å². The Balaban J connectivity index is 0.000000765. The molecule has 0 radical (unpaired) electrons. The number of halogens is 2. The Labute approximate surface area is 757 Å². The molecule has 115 heavy (non-hydrogen) atoms. The Morgan fingerprint density at radius 2 is 0.713 bits per heavy atom. The van der Waals surface area contributed by atoms with E-state index in [9.17, 15) is 10.2 Å². The number of ether oxygens (including phenoxy) is 6. The fourth-order valence-corrected chi connectivity index (χ4v) is 12.7. The van der Waals surface area contributed by atoms with Gasteiger partial charge in [0.1, 0.15) is 73.8 Å². The Hall–Kier alpha value is -7.57. The standard InChI is InChI=1S/C31H32N2O2.C30H30N2O2.C10H14N2O2.C9H12N2O2.C7H7Br.CH3I.CH4O.2CH4.Na.4H2S.H/c1-34-29-23-33(22-27-15-9-4-10-16-27)30-19-28(17-18-31(30)35-24-29)32(20-25-11-5-2-6-12-25)21-26-13-7-3-8-14-26;33-28-22-32(21-26-14-8-3-9-15-26)29-18-27(16-17-30(29)34-23-28)31(19-24-10-4-1-5-11-24)20-25-12-6-2-7-13-25;1-13-8-5-12-9-4-7(11)2-3-10(9)14-6-8;10-6-1-2-9-8(3-6)11-4-7(12)5-13-9;8-6-7-4-2-1-3-5-7;2*1-2;;;;;;;;/h2-19,29H,20-24H2,1H3;1-18,28,33H,19-23H2;2-4,8,12H,5-6,11H2,1H3;1-3,7,11-12H,4-5,10H2;1-5H,6H2;1H3;2H,1H3;2*1H4;;4*1H2;/q;;;;;;;;;+1;;;;;-1/t29-;28-;8-;7-;;;;;;;;;;;/m0000.........../s1. The van der Waals surface area contributed by atoms with Gasteiger partial charge in [-0.25, -0.2) is 0 Å². The molecule has 11 aromatic carbocycles. The number of anilines is 8. The molecule has 0 fully saturated rings. The zero-order valence-corrected chi connectivity index (χ0v) is 74.8. The summed E-state index contributed by atoms with van der Waals surface area (Å²) in [5.41, 5.74) is 27.8. The summed E-state index contributed by atoms with van der Waals surface area (Å²) in [4.78, 5) is 11.4. The maximum Gasteiger partial charge on any atom is 1.00 e. The Bertz CT molecular complexity index is 4290. The molecule has 0 saturated carbocycles. The molecule has 0 spiro atoms. The van der Waals surface area contributed by atoms with E-state index in [0.29, 0.717) is 45.2 Å². The van der Waals surface area contributed by atoms with Gasteiger partial charge in [0, 0.05) is 115 Å². The summed E-state index contributed by atoms with van der Waals surface area (Å²) >= 11 is 5.51. The maximum atomic E-state index is 10.5. The van der Waals surface area contributed by atoms with Crippen LogP contribution < -0.4 is 90.2 Å². The number of benzene rings is 11. The number of methoxy groups -OCH3 is 2. The zero-order valence-electron chi connectivity index (χ0n) is 66.0. The van der Waals surface area contributed by atoms with Crippen molar-refractivity contribution in [3.05, 3.63) is 324 Å². The van der Waals surface area contributed by atoms with Crippen LogP contribution in [0, 0.1) is 0 Å². The molecule has 11 aromatic rings. The third-order valence-corrected chi connectivity index (χ3v) is 18.5. The molecule has 0 aliphatic carbocycles. The number of nitrogens with zero attached hydrogens (tertiary/aromatic N) is 4. The van der Waals surface area contributed by atoms with Gasteiger partial charge in [-0.2, -0.15) is 54.0 Å². The topological polar surface area (TPSA) is 205 Å². The minimum absolute atomic E-state index is 0. The molecule has 4 heterocycles. The van der Waals surface area contributed by atoms with Gasteiger partial charge in [-0.1, -0.05) is 266 Å². The molecule has 15 rings (SSSR count). The number of alkyl halides is 2. The van der Waals surface area contributed by atoms with Gasteiger partial charge in [0.2, 0.25) is 0 Å². The second-order valence-corrected chi connectivity index (χ2v) is 26.4. The van der Waals surface area contributed by atoms with Gasteiger partial charge < -0.3 is 86.9 Å². The van der Waals surface area contributed by atoms with Crippen LogP contribution in [0.1, 0.15) is 55.2 Å². The van der Waals surface area contributed by atoms with Crippen LogP contribution in [0.5, 0.6) is 23.0 Å². The molecule has 0 unspecified atom stereocenters. The van der Waals surface area contributed by atoms with Crippen molar-refractivity contribution < 1.29 is 74.7 Å². The van der Waals surface area contributed by atoms with Crippen LogP contribution in [0.25, 0.3) is 0 Å². The predicted molar refractivity (Wildman–Crippen MR) is 511 cm³/mol. The van der Waals surface area contributed by atoms with Crippen LogP contribution in [0.4, 0.5) is 45.5 Å². The fraction of sp³-hybridized carbons (Fsp3) is 0.275. The van der Waals surface area contributed by atoms with Gasteiger partial charge in [-0.15, -0.1) is 0 Å². The predicted octanol–water partition coefficient (Wildman–Crippen LogP) is 15.6. The quantitative estimate of drug-likeness (QED) is 0.0196. The van der Waals surface area contributed by atoms with Crippen molar-refractivity contribution in [2.75, 3.05) is 121 Å². The van der Waals surface area contributed by atoms with E-state index < -0.39 is 12.2 Å². The summed E-state index contributed by atoms with van der Waals surface area (Å²) in [5, 5.41) is 34.1. The summed E-state index contributed by atoms with van der Waals surface area (Å²) in [6.45, 7) is 9.07. The molecule has 0 amide bonds. The van der Waals surface area contributed by atoms with Crippen LogP contribution in [0.15, 0.2) is 285 Å². The first-order valence-electron chi connectivity index (χ1n) is 36.1. The molecule has 0 bridgehead atoms. The molecule has 0 aromatic heterocycles. The first-order chi connectivity index (χ1) is 53.0. The van der Waals surface area contributed by atoms with E-state index in [1.165, 1.54) is 44.6 Å². The van der Waals surface area contributed by atoms with Gasteiger partial charge >= 0.3 is 29.6 Å². The molecule has 17 nitrogen and oxygen atoms in total. The van der Waals surface area contributed by atoms with Gasteiger partial charge in [0.05, 0.1) is 22.7 Å². The van der Waals surface area contributed by atoms with Crippen LogP contribution in [-0.4, -0.2) is 119 Å². The minimum atomic E-state index is -0.538. The van der Waals surface area contributed by atoms with E-state index in [1.807, 2.05) is 53.5 Å². The molecule has 0 saturated heterocycles. The first-order valence-corrected chi connectivity index (χ1v) is 39.4. The van der Waals surface area contributed by atoms with E-state index >= 15 is 0 Å². The van der Waals surface area contributed by atoms with Crippen molar-refractivity contribution in [3.8, 4) is 23.0 Å². The number of nitrogens with one attached hydrogen (secondary N) is 2. The molecular formula is C91H119BrIN8NaO9S4. The average Bonchev–Trinajstić information content (AvgIpc) is 1.44.